The van der Waals surface area contributed by atoms with Gasteiger partial charge in [0.2, 0.25) is 5.95 Å². The van der Waals surface area contributed by atoms with E-state index >= 15 is 0 Å². The van der Waals surface area contributed by atoms with Crippen molar-refractivity contribution in [1.29, 1.82) is 0 Å². The lowest BCUT2D eigenvalue weighted by Gasteiger charge is -2.33. The highest BCUT2D eigenvalue weighted by molar-refractivity contribution is 5.52. The van der Waals surface area contributed by atoms with Crippen LogP contribution in [0.3, 0.4) is 0 Å². The van der Waals surface area contributed by atoms with Crippen LogP contribution in [0.4, 0.5) is 5.95 Å². The van der Waals surface area contributed by atoms with Crippen LogP contribution in [0.15, 0.2) is 35.1 Å². The number of hydrogen-bond donors (Lipinski definition) is 1. The van der Waals surface area contributed by atoms with Gasteiger partial charge >= 0.3 is 0 Å². The van der Waals surface area contributed by atoms with Crippen molar-refractivity contribution in [2.24, 2.45) is 13.0 Å². The van der Waals surface area contributed by atoms with Crippen LogP contribution in [0.1, 0.15) is 30.5 Å². The first kappa shape index (κ1) is 16.7. The van der Waals surface area contributed by atoms with E-state index in [1.807, 2.05) is 36.9 Å². The fourth-order valence-electron chi connectivity index (χ4n) is 3.41. The first-order valence-electron chi connectivity index (χ1n) is 8.78. The zero-order valence-corrected chi connectivity index (χ0v) is 14.9. The summed E-state index contributed by atoms with van der Waals surface area (Å²) in [6.45, 7) is 3.44. The minimum atomic E-state index is -0.548. The molecule has 0 saturated carbocycles. The molecule has 1 atom stereocenters. The molecule has 0 radical (unpaired) electrons. The van der Waals surface area contributed by atoms with E-state index < -0.39 is 6.10 Å². The maximum absolute atomic E-state index is 10.6. The molecule has 8 nitrogen and oxygen atoms in total. The Morgan fingerprint density at radius 3 is 2.73 bits per heavy atom. The van der Waals surface area contributed by atoms with Gasteiger partial charge < -0.3 is 19.0 Å². The minimum absolute atomic E-state index is 0.177. The van der Waals surface area contributed by atoms with Gasteiger partial charge in [-0.05, 0) is 37.8 Å². The average Bonchev–Trinajstić information content (AvgIpc) is 3.30. The third-order valence-electron chi connectivity index (χ3n) is 4.93. The van der Waals surface area contributed by atoms with Crippen molar-refractivity contribution in [2.75, 3.05) is 18.0 Å². The Hall–Kier alpha value is -2.74. The van der Waals surface area contributed by atoms with Crippen molar-refractivity contribution >= 4 is 5.95 Å². The van der Waals surface area contributed by atoms with Crippen molar-refractivity contribution in [3.8, 4) is 11.5 Å². The van der Waals surface area contributed by atoms with Gasteiger partial charge in [-0.1, -0.05) is 0 Å². The minimum Gasteiger partial charge on any atom is -0.460 e. The number of aliphatic hydroxyl groups excluding tert-OH is 1. The fourth-order valence-corrected chi connectivity index (χ4v) is 3.41. The lowest BCUT2D eigenvalue weighted by Crippen LogP contribution is -2.37. The molecule has 0 bridgehead atoms. The Morgan fingerprint density at radius 2 is 2.08 bits per heavy atom. The predicted molar refractivity (Wildman–Crippen MR) is 95.4 cm³/mol. The average molecular weight is 354 g/mol. The number of imidazole rings is 1. The molecule has 136 valence electrons. The third-order valence-corrected chi connectivity index (χ3v) is 4.93. The smallest absolute Gasteiger partial charge is 0.246 e. The first-order valence-corrected chi connectivity index (χ1v) is 8.78. The normalized spacial score (nSPS) is 16.8. The number of furan rings is 1. The van der Waals surface area contributed by atoms with Crippen molar-refractivity contribution < 1.29 is 9.52 Å². The summed E-state index contributed by atoms with van der Waals surface area (Å²) in [6, 6.07) is 3.79. The molecule has 4 heterocycles. The Morgan fingerprint density at radius 1 is 1.27 bits per heavy atom. The molecule has 0 spiro atoms. The molecule has 4 rings (SSSR count). The van der Waals surface area contributed by atoms with Gasteiger partial charge in [-0.25, -0.2) is 9.97 Å². The molecule has 0 amide bonds. The molecule has 0 aromatic carbocycles. The monoisotopic (exact) mass is 354 g/mol. The van der Waals surface area contributed by atoms with Crippen LogP contribution in [0, 0.1) is 12.8 Å². The molecule has 1 fully saturated rings. The Bertz CT molecular complexity index is 881. The van der Waals surface area contributed by atoms with Gasteiger partial charge in [0, 0.05) is 32.5 Å². The predicted octanol–water partition coefficient (Wildman–Crippen LogP) is 2.12. The molecular weight excluding hydrogens is 332 g/mol. The first-order chi connectivity index (χ1) is 12.6. The number of aryl methyl sites for hydroxylation is 2. The second-order valence-corrected chi connectivity index (χ2v) is 6.72. The maximum Gasteiger partial charge on any atom is 0.246 e. The number of nitrogens with zero attached hydrogens (tertiary/aromatic N) is 6. The van der Waals surface area contributed by atoms with Crippen LogP contribution in [0.25, 0.3) is 11.5 Å². The van der Waals surface area contributed by atoms with Gasteiger partial charge in [0.1, 0.15) is 23.4 Å². The summed E-state index contributed by atoms with van der Waals surface area (Å²) < 4.78 is 7.50. The van der Waals surface area contributed by atoms with Gasteiger partial charge in [-0.3, -0.25) is 0 Å². The molecule has 3 aromatic rings. The molecule has 1 unspecified atom stereocenters. The molecule has 1 N–H and O–H groups in total. The summed E-state index contributed by atoms with van der Waals surface area (Å²) in [5, 5.41) is 18.9. The zero-order chi connectivity index (χ0) is 18.1. The lowest BCUT2D eigenvalue weighted by atomic mass is 9.91. The molecule has 1 saturated heterocycles. The zero-order valence-electron chi connectivity index (χ0n) is 14.9. The summed E-state index contributed by atoms with van der Waals surface area (Å²) in [6.07, 6.45) is 6.33. The fraction of sp³-hybridized carbons (Fsp3) is 0.444. The van der Waals surface area contributed by atoms with E-state index in [4.69, 9.17) is 4.42 Å². The number of rotatable bonds is 4. The van der Waals surface area contributed by atoms with Gasteiger partial charge in [0.15, 0.2) is 5.76 Å². The highest BCUT2D eigenvalue weighted by Gasteiger charge is 2.29. The van der Waals surface area contributed by atoms with Crippen molar-refractivity contribution in [2.45, 2.75) is 25.9 Å². The van der Waals surface area contributed by atoms with E-state index in [1.54, 1.807) is 12.4 Å². The second kappa shape index (κ2) is 6.87. The number of hydrogen-bond acceptors (Lipinski definition) is 7. The van der Waals surface area contributed by atoms with Gasteiger partial charge in [0.05, 0.1) is 6.20 Å². The Kier molecular flexibility index (Phi) is 4.42. The van der Waals surface area contributed by atoms with Crippen molar-refractivity contribution in [3.63, 3.8) is 0 Å². The molecule has 0 aliphatic carbocycles. The van der Waals surface area contributed by atoms with E-state index in [-0.39, 0.29) is 5.92 Å². The van der Waals surface area contributed by atoms with E-state index in [2.05, 4.69) is 25.1 Å². The third kappa shape index (κ3) is 3.20. The lowest BCUT2D eigenvalue weighted by molar-refractivity contribution is 0.0823. The van der Waals surface area contributed by atoms with E-state index in [0.717, 1.165) is 37.5 Å². The maximum atomic E-state index is 10.6. The van der Waals surface area contributed by atoms with Crippen molar-refractivity contribution in [3.05, 3.63) is 42.3 Å². The van der Waals surface area contributed by atoms with E-state index in [1.165, 1.54) is 0 Å². The van der Waals surface area contributed by atoms with Gasteiger partial charge in [-0.2, -0.15) is 5.10 Å². The number of anilines is 1. The van der Waals surface area contributed by atoms with Crippen LogP contribution in [0.2, 0.25) is 0 Å². The topological polar surface area (TPSA) is 93.1 Å². The SMILES string of the molecule is Cc1ccc(-c2cnnc(N3CCC(C(O)c4nccn4C)CC3)n2)o1. The summed E-state index contributed by atoms with van der Waals surface area (Å²) in [5.41, 5.74) is 0.679. The van der Waals surface area contributed by atoms with Crippen LogP contribution >= 0.6 is 0 Å². The van der Waals surface area contributed by atoms with Crippen LogP contribution in [-0.2, 0) is 7.05 Å². The van der Waals surface area contributed by atoms with Crippen LogP contribution < -0.4 is 4.90 Å². The van der Waals surface area contributed by atoms with Crippen molar-refractivity contribution in [1.82, 2.24) is 24.7 Å². The van der Waals surface area contributed by atoms with Crippen LogP contribution in [-0.4, -0.2) is 42.9 Å². The summed E-state index contributed by atoms with van der Waals surface area (Å²) in [4.78, 5) is 11.0. The number of aliphatic hydroxyl groups is 1. The largest absolute Gasteiger partial charge is 0.460 e. The Balaban J connectivity index is 1.44. The molecule has 1 aliphatic rings. The molecular formula is C18H22N6O2. The second-order valence-electron chi connectivity index (χ2n) is 6.72. The summed E-state index contributed by atoms with van der Waals surface area (Å²) >= 11 is 0. The van der Waals surface area contributed by atoms with Gasteiger partial charge in [-0.15, -0.1) is 5.10 Å². The summed E-state index contributed by atoms with van der Waals surface area (Å²) in [5.74, 6) is 3.03. The highest BCUT2D eigenvalue weighted by atomic mass is 16.3. The quantitative estimate of drug-likeness (QED) is 0.767. The molecule has 3 aromatic heterocycles. The molecule has 1 aliphatic heterocycles. The number of aromatic nitrogens is 5. The molecule has 26 heavy (non-hydrogen) atoms. The Labute approximate surface area is 151 Å². The highest BCUT2D eigenvalue weighted by Crippen LogP contribution is 2.31. The number of piperidine rings is 1. The van der Waals surface area contributed by atoms with Crippen LogP contribution in [0.5, 0.6) is 0 Å². The summed E-state index contributed by atoms with van der Waals surface area (Å²) in [7, 11) is 1.90. The molecule has 8 heteroatoms. The van der Waals surface area contributed by atoms with E-state index in [0.29, 0.717) is 17.4 Å². The van der Waals surface area contributed by atoms with E-state index in [9.17, 15) is 5.11 Å². The van der Waals surface area contributed by atoms with Gasteiger partial charge in [0.25, 0.3) is 0 Å². The standard InChI is InChI=1S/C18H22N6O2/c1-12-3-4-15(26-12)14-11-20-22-18(21-14)24-8-5-13(6-9-24)16(25)17-19-7-10-23(17)2/h3-4,7,10-11,13,16,25H,5-6,8-9H2,1-2H3.